The SMILES string of the molecule is C=C[C@]1(C)C(=O)C[C@H](C(C)C)C[C@H]1C(C)C. The van der Waals surface area contributed by atoms with E-state index >= 15 is 0 Å². The van der Waals surface area contributed by atoms with E-state index in [2.05, 4.69) is 41.2 Å². The van der Waals surface area contributed by atoms with Crippen molar-refractivity contribution in [2.75, 3.05) is 0 Å². The minimum absolute atomic E-state index is 0.292. The first-order chi connectivity index (χ1) is 7.32. The largest absolute Gasteiger partial charge is 0.299 e. The average molecular weight is 222 g/mol. The van der Waals surface area contributed by atoms with Gasteiger partial charge in [-0.2, -0.15) is 0 Å². The number of hydrogen-bond acceptors (Lipinski definition) is 1. The van der Waals surface area contributed by atoms with Crippen LogP contribution in [0.25, 0.3) is 0 Å². The molecule has 0 radical (unpaired) electrons. The van der Waals surface area contributed by atoms with Crippen LogP contribution in [-0.4, -0.2) is 5.78 Å². The molecular weight excluding hydrogens is 196 g/mol. The van der Waals surface area contributed by atoms with Gasteiger partial charge >= 0.3 is 0 Å². The van der Waals surface area contributed by atoms with Crippen LogP contribution >= 0.6 is 0 Å². The molecule has 0 aromatic carbocycles. The molecule has 92 valence electrons. The lowest BCUT2D eigenvalue weighted by Gasteiger charge is -2.44. The third-order valence-electron chi connectivity index (χ3n) is 4.55. The highest BCUT2D eigenvalue weighted by Gasteiger charge is 2.45. The van der Waals surface area contributed by atoms with Gasteiger partial charge in [-0.05, 0) is 37.0 Å². The molecule has 0 aromatic rings. The summed E-state index contributed by atoms with van der Waals surface area (Å²) in [6, 6.07) is 0. The minimum atomic E-state index is -0.292. The number of carbonyl (C=O) groups excluding carboxylic acids is 1. The van der Waals surface area contributed by atoms with E-state index in [1.807, 2.05) is 6.08 Å². The van der Waals surface area contributed by atoms with Crippen LogP contribution in [0.15, 0.2) is 12.7 Å². The van der Waals surface area contributed by atoms with Gasteiger partial charge < -0.3 is 0 Å². The number of rotatable bonds is 3. The molecule has 0 aliphatic heterocycles. The molecule has 3 atom stereocenters. The molecule has 0 N–H and O–H groups in total. The van der Waals surface area contributed by atoms with Gasteiger partial charge in [0.05, 0.1) is 0 Å². The van der Waals surface area contributed by atoms with Crippen molar-refractivity contribution in [1.29, 1.82) is 0 Å². The van der Waals surface area contributed by atoms with Crippen LogP contribution in [0.5, 0.6) is 0 Å². The van der Waals surface area contributed by atoms with Crippen LogP contribution in [0.1, 0.15) is 47.5 Å². The van der Waals surface area contributed by atoms with Crippen molar-refractivity contribution in [3.05, 3.63) is 12.7 Å². The Labute approximate surface area is 100 Å². The Morgan fingerprint density at radius 3 is 2.25 bits per heavy atom. The molecule has 1 fully saturated rings. The Morgan fingerprint density at radius 2 is 1.88 bits per heavy atom. The first-order valence-electron chi connectivity index (χ1n) is 6.49. The van der Waals surface area contributed by atoms with Crippen LogP contribution in [0.3, 0.4) is 0 Å². The van der Waals surface area contributed by atoms with E-state index in [0.29, 0.717) is 29.5 Å². The third-order valence-corrected chi connectivity index (χ3v) is 4.55. The van der Waals surface area contributed by atoms with Crippen molar-refractivity contribution in [2.45, 2.75) is 47.5 Å². The molecule has 1 aliphatic rings. The number of Topliss-reactive ketones (excluding diaryl/α,β-unsaturated/α-hetero) is 1. The van der Waals surface area contributed by atoms with E-state index in [1.54, 1.807) is 0 Å². The van der Waals surface area contributed by atoms with Gasteiger partial charge in [0.1, 0.15) is 5.78 Å². The maximum atomic E-state index is 12.3. The lowest BCUT2D eigenvalue weighted by Crippen LogP contribution is -2.44. The van der Waals surface area contributed by atoms with Gasteiger partial charge in [-0.3, -0.25) is 4.79 Å². The second kappa shape index (κ2) is 4.73. The molecule has 0 spiro atoms. The van der Waals surface area contributed by atoms with Gasteiger partial charge in [0, 0.05) is 11.8 Å². The Morgan fingerprint density at radius 1 is 1.31 bits per heavy atom. The van der Waals surface area contributed by atoms with E-state index in [-0.39, 0.29) is 5.41 Å². The van der Waals surface area contributed by atoms with E-state index in [1.165, 1.54) is 6.42 Å². The topological polar surface area (TPSA) is 17.1 Å². The maximum Gasteiger partial charge on any atom is 0.143 e. The first kappa shape index (κ1) is 13.5. The van der Waals surface area contributed by atoms with E-state index in [9.17, 15) is 4.79 Å². The van der Waals surface area contributed by atoms with E-state index in [4.69, 9.17) is 0 Å². The van der Waals surface area contributed by atoms with Gasteiger partial charge in [-0.25, -0.2) is 0 Å². The molecule has 0 bridgehead atoms. The normalized spacial score (nSPS) is 35.8. The zero-order valence-corrected chi connectivity index (χ0v) is 11.4. The molecule has 0 heterocycles. The lowest BCUT2D eigenvalue weighted by atomic mass is 9.58. The highest BCUT2D eigenvalue weighted by Crippen LogP contribution is 2.47. The molecule has 1 aliphatic carbocycles. The number of allylic oxidation sites excluding steroid dienone is 1. The molecule has 0 amide bonds. The second-order valence-corrected chi connectivity index (χ2v) is 6.20. The fraction of sp³-hybridized carbons (Fsp3) is 0.800. The molecular formula is C15H26O. The zero-order chi connectivity index (χ0) is 12.5. The Bertz CT molecular complexity index is 277. The van der Waals surface area contributed by atoms with Crippen molar-refractivity contribution >= 4 is 5.78 Å². The summed E-state index contributed by atoms with van der Waals surface area (Å²) in [5.41, 5.74) is -0.292. The minimum Gasteiger partial charge on any atom is -0.299 e. The number of ketones is 1. The van der Waals surface area contributed by atoms with E-state index < -0.39 is 0 Å². The van der Waals surface area contributed by atoms with Crippen LogP contribution in [0.4, 0.5) is 0 Å². The predicted octanol–water partition coefficient (Wildman–Crippen LogP) is 4.09. The summed E-state index contributed by atoms with van der Waals surface area (Å²) < 4.78 is 0. The van der Waals surface area contributed by atoms with Gasteiger partial charge in [-0.15, -0.1) is 6.58 Å². The summed E-state index contributed by atoms with van der Waals surface area (Å²) >= 11 is 0. The van der Waals surface area contributed by atoms with Crippen LogP contribution in [0, 0.1) is 29.1 Å². The fourth-order valence-electron chi connectivity index (χ4n) is 3.06. The monoisotopic (exact) mass is 222 g/mol. The van der Waals surface area contributed by atoms with Gasteiger partial charge in [0.2, 0.25) is 0 Å². The number of carbonyl (C=O) groups is 1. The maximum absolute atomic E-state index is 12.3. The van der Waals surface area contributed by atoms with Crippen molar-refractivity contribution in [1.82, 2.24) is 0 Å². The summed E-state index contributed by atoms with van der Waals surface area (Å²) in [7, 11) is 0. The summed E-state index contributed by atoms with van der Waals surface area (Å²) in [5, 5.41) is 0. The quantitative estimate of drug-likeness (QED) is 0.657. The molecule has 1 saturated carbocycles. The molecule has 16 heavy (non-hydrogen) atoms. The van der Waals surface area contributed by atoms with Crippen molar-refractivity contribution < 1.29 is 4.79 Å². The molecule has 0 unspecified atom stereocenters. The smallest absolute Gasteiger partial charge is 0.143 e. The van der Waals surface area contributed by atoms with E-state index in [0.717, 1.165) is 6.42 Å². The van der Waals surface area contributed by atoms with Crippen molar-refractivity contribution in [3.63, 3.8) is 0 Å². The predicted molar refractivity (Wildman–Crippen MR) is 69.2 cm³/mol. The average Bonchev–Trinajstić information content (AvgIpc) is 2.20. The standard InChI is InChI=1S/C15H26O/c1-7-15(6)13(11(4)5)8-12(10(2)3)9-14(15)16/h7,10-13H,1,8-9H2,2-6H3/t12-,13+,15+/m1/s1. The first-order valence-corrected chi connectivity index (χ1v) is 6.49. The number of hydrogen-bond donors (Lipinski definition) is 0. The Kier molecular flexibility index (Phi) is 3.98. The molecule has 1 heteroatoms. The zero-order valence-electron chi connectivity index (χ0n) is 11.4. The van der Waals surface area contributed by atoms with Crippen LogP contribution in [0.2, 0.25) is 0 Å². The summed E-state index contributed by atoms with van der Waals surface area (Å²) in [5.74, 6) is 2.57. The third kappa shape index (κ3) is 2.23. The van der Waals surface area contributed by atoms with Crippen molar-refractivity contribution in [3.8, 4) is 0 Å². The van der Waals surface area contributed by atoms with Crippen LogP contribution < -0.4 is 0 Å². The van der Waals surface area contributed by atoms with Gasteiger partial charge in [-0.1, -0.05) is 33.8 Å². The molecule has 0 saturated heterocycles. The Hall–Kier alpha value is -0.590. The van der Waals surface area contributed by atoms with Gasteiger partial charge in [0.15, 0.2) is 0 Å². The second-order valence-electron chi connectivity index (χ2n) is 6.20. The summed E-state index contributed by atoms with van der Waals surface area (Å²) in [4.78, 5) is 12.3. The summed E-state index contributed by atoms with van der Waals surface area (Å²) in [6.07, 6.45) is 3.80. The fourth-order valence-corrected chi connectivity index (χ4v) is 3.06. The highest BCUT2D eigenvalue weighted by atomic mass is 16.1. The van der Waals surface area contributed by atoms with Gasteiger partial charge in [0.25, 0.3) is 0 Å². The molecule has 0 aromatic heterocycles. The van der Waals surface area contributed by atoms with Crippen molar-refractivity contribution in [2.24, 2.45) is 29.1 Å². The highest BCUT2D eigenvalue weighted by molar-refractivity contribution is 5.87. The molecule has 1 nitrogen and oxygen atoms in total. The summed E-state index contributed by atoms with van der Waals surface area (Å²) in [6.45, 7) is 14.9. The Balaban J connectivity index is 2.98. The lowest BCUT2D eigenvalue weighted by molar-refractivity contribution is -0.134. The molecule has 1 rings (SSSR count). The van der Waals surface area contributed by atoms with Crippen LogP contribution in [-0.2, 0) is 4.79 Å².